The van der Waals surface area contributed by atoms with Gasteiger partial charge in [0.05, 0.1) is 0 Å². The molecule has 7 heteroatoms. The van der Waals surface area contributed by atoms with Crippen LogP contribution >= 0.6 is 28.3 Å². The van der Waals surface area contributed by atoms with Crippen molar-refractivity contribution in [3.63, 3.8) is 0 Å². The van der Waals surface area contributed by atoms with Crippen LogP contribution in [0.4, 0.5) is 17.1 Å². The summed E-state index contributed by atoms with van der Waals surface area (Å²) in [6.07, 6.45) is 0. The molecule has 0 aliphatic heterocycles. The third-order valence-corrected chi connectivity index (χ3v) is 4.84. The van der Waals surface area contributed by atoms with Crippen LogP contribution in [0.2, 0.25) is 0 Å². The van der Waals surface area contributed by atoms with Crippen molar-refractivity contribution >= 4 is 45.3 Å². The number of benzene rings is 3. The first-order chi connectivity index (χ1) is 18.5. The van der Waals surface area contributed by atoms with E-state index in [1.54, 1.807) is 0 Å². The van der Waals surface area contributed by atoms with Crippen LogP contribution < -0.4 is 0 Å². The molecule has 0 radical (unpaired) electrons. The SMILES string of the molecule is Cc1cc(C)cc([N-]C(C)C)c1.Cc1cc(C)cc([N-]C(C)C)c1.Cc1cc(C)cc([N-]C(C)C)c1.[Cl][W]([Cl])[Cl]. The topological polar surface area (TPSA) is 42.3 Å². The third-order valence-electron chi connectivity index (χ3n) is 4.84. The maximum absolute atomic E-state index is 5.00. The van der Waals surface area contributed by atoms with E-state index in [-0.39, 0.29) is 0 Å². The van der Waals surface area contributed by atoms with Gasteiger partial charge in [0.15, 0.2) is 0 Å². The summed E-state index contributed by atoms with van der Waals surface area (Å²) in [5.41, 5.74) is 11.0. The second-order valence-electron chi connectivity index (χ2n) is 10.9. The monoisotopic (exact) mass is 775 g/mol. The number of halogens is 3. The Hall–Kier alpha value is -1.38. The molecule has 0 spiro atoms. The Kier molecular flexibility index (Phi) is 19.8. The fourth-order valence-corrected chi connectivity index (χ4v) is 3.97. The number of aryl methyl sites for hydroxylation is 6. The Labute approximate surface area is 263 Å². The molecular weight excluding hydrogens is 729 g/mol. The van der Waals surface area contributed by atoms with E-state index in [4.69, 9.17) is 28.3 Å². The number of hydrogen-bond acceptors (Lipinski definition) is 0. The van der Waals surface area contributed by atoms with Crippen LogP contribution in [0.5, 0.6) is 0 Å². The van der Waals surface area contributed by atoms with Crippen molar-refractivity contribution in [1.29, 1.82) is 0 Å². The summed E-state index contributed by atoms with van der Waals surface area (Å²) < 4.78 is 0. The van der Waals surface area contributed by atoms with Crippen molar-refractivity contribution < 1.29 is 14.2 Å². The van der Waals surface area contributed by atoms with Crippen LogP contribution in [-0.2, 0) is 14.2 Å². The van der Waals surface area contributed by atoms with E-state index in [0.717, 1.165) is 17.1 Å². The van der Waals surface area contributed by atoms with Crippen molar-refractivity contribution in [2.45, 2.75) is 101 Å². The molecule has 0 aliphatic carbocycles. The Bertz CT molecular complexity index is 932. The van der Waals surface area contributed by atoms with Crippen LogP contribution in [0.3, 0.4) is 0 Å². The molecule has 3 rings (SSSR count). The zero-order chi connectivity index (χ0) is 31.0. The van der Waals surface area contributed by atoms with Crippen molar-refractivity contribution in [3.05, 3.63) is 104 Å². The molecule has 0 aliphatic rings. The van der Waals surface area contributed by atoms with Gasteiger partial charge in [-0.2, -0.15) is 0 Å². The van der Waals surface area contributed by atoms with E-state index < -0.39 is 14.2 Å². The average molecular weight is 777 g/mol. The van der Waals surface area contributed by atoms with Gasteiger partial charge < -0.3 is 16.0 Å². The molecule has 0 fully saturated rings. The summed E-state index contributed by atoms with van der Waals surface area (Å²) >= 11 is -2.11. The Balaban J connectivity index is 0.000000534. The van der Waals surface area contributed by atoms with Crippen molar-refractivity contribution in [2.24, 2.45) is 0 Å². The van der Waals surface area contributed by atoms with E-state index in [9.17, 15) is 0 Å². The second-order valence-corrected chi connectivity index (χ2v) is 23.6. The Morgan fingerprint density at radius 3 is 0.675 bits per heavy atom. The van der Waals surface area contributed by atoms with Crippen LogP contribution in [0, 0.1) is 41.5 Å². The van der Waals surface area contributed by atoms with E-state index in [0.29, 0.717) is 18.1 Å². The Morgan fingerprint density at radius 1 is 0.400 bits per heavy atom. The van der Waals surface area contributed by atoms with Gasteiger partial charge in [-0.3, -0.25) is 0 Å². The molecule has 3 nitrogen and oxygen atoms in total. The molecule has 0 bridgehead atoms. The van der Waals surface area contributed by atoms with E-state index >= 15 is 0 Å². The molecule has 40 heavy (non-hydrogen) atoms. The predicted octanol–water partition coefficient (Wildman–Crippen LogP) is 13.2. The molecule has 0 aromatic heterocycles. The van der Waals surface area contributed by atoms with Gasteiger partial charge in [-0.1, -0.05) is 130 Å². The second kappa shape index (κ2) is 20.5. The average Bonchev–Trinajstić information content (AvgIpc) is 2.70. The van der Waals surface area contributed by atoms with Gasteiger partial charge in [0.25, 0.3) is 0 Å². The summed E-state index contributed by atoms with van der Waals surface area (Å²) in [5, 5.41) is 13.4. The maximum atomic E-state index is 5.00. The quantitative estimate of drug-likeness (QED) is 0.239. The van der Waals surface area contributed by atoms with Gasteiger partial charge in [-0.15, -0.1) is 35.2 Å². The van der Waals surface area contributed by atoms with Crippen LogP contribution in [0.15, 0.2) is 54.6 Å². The summed E-state index contributed by atoms with van der Waals surface area (Å²) in [4.78, 5) is 0. The molecule has 0 saturated carbocycles. The van der Waals surface area contributed by atoms with Gasteiger partial charge in [-0.25, -0.2) is 0 Å². The predicted molar refractivity (Wildman–Crippen MR) is 180 cm³/mol. The molecule has 3 aromatic carbocycles. The van der Waals surface area contributed by atoms with Gasteiger partial charge >= 0.3 is 42.4 Å². The van der Waals surface area contributed by atoms with Crippen LogP contribution in [0.25, 0.3) is 16.0 Å². The van der Waals surface area contributed by atoms with Crippen molar-refractivity contribution in [3.8, 4) is 0 Å². The molecular formula is C33H48Cl3N3W-3. The standard InChI is InChI=1S/3C11H16N.3ClH.W/c3*1-8(2)12-11-6-9(3)5-10(4)7-11;;;;/h3*5-8H,1-4H3;3*1H;/q3*-1;;;;+3/p-3. The zero-order valence-corrected chi connectivity index (χ0v) is 31.5. The van der Waals surface area contributed by atoms with E-state index in [2.05, 4.69) is 154 Å². The molecule has 225 valence electrons. The molecule has 0 atom stereocenters. The summed E-state index contributed by atoms with van der Waals surface area (Å²) in [6, 6.07) is 20.3. The minimum absolute atomic E-state index is 0.381. The molecule has 0 amide bonds. The first-order valence-electron chi connectivity index (χ1n) is 13.6. The Morgan fingerprint density at radius 2 is 0.550 bits per heavy atom. The van der Waals surface area contributed by atoms with Crippen molar-refractivity contribution in [2.75, 3.05) is 0 Å². The number of nitrogens with zero attached hydrogens (tertiary/aromatic N) is 3. The van der Waals surface area contributed by atoms with Crippen LogP contribution in [0.1, 0.15) is 74.9 Å². The van der Waals surface area contributed by atoms with E-state index in [1.165, 1.54) is 33.4 Å². The van der Waals surface area contributed by atoms with Gasteiger partial charge in [-0.05, 0) is 41.5 Å². The summed E-state index contributed by atoms with van der Waals surface area (Å²) in [7, 11) is 15.0. The zero-order valence-electron chi connectivity index (χ0n) is 26.3. The normalized spacial score (nSPS) is 10.3. The summed E-state index contributed by atoms with van der Waals surface area (Å²) in [6.45, 7) is 25.2. The minimum atomic E-state index is -2.11. The van der Waals surface area contributed by atoms with Gasteiger partial charge in [0.2, 0.25) is 0 Å². The fraction of sp³-hybridized carbons (Fsp3) is 0.455. The van der Waals surface area contributed by atoms with Gasteiger partial charge in [0, 0.05) is 0 Å². The number of hydrogen-bond donors (Lipinski definition) is 0. The first kappa shape index (κ1) is 38.6. The first-order valence-corrected chi connectivity index (χ1v) is 24.5. The van der Waals surface area contributed by atoms with Gasteiger partial charge in [0.1, 0.15) is 0 Å². The van der Waals surface area contributed by atoms with Crippen LogP contribution in [-0.4, -0.2) is 18.1 Å². The molecule has 0 unspecified atom stereocenters. The molecule has 0 N–H and O–H groups in total. The van der Waals surface area contributed by atoms with Crippen molar-refractivity contribution in [1.82, 2.24) is 0 Å². The third kappa shape index (κ3) is 21.4. The molecule has 0 saturated heterocycles. The summed E-state index contributed by atoms with van der Waals surface area (Å²) in [5.74, 6) is 0. The molecule has 0 heterocycles. The molecule has 3 aromatic rings. The fourth-order valence-electron chi connectivity index (χ4n) is 3.97. The number of rotatable bonds is 6. The van der Waals surface area contributed by atoms with E-state index in [1.807, 2.05) is 0 Å².